The average Bonchev–Trinajstić information content (AvgIpc) is 2.18. The van der Waals surface area contributed by atoms with E-state index in [-0.39, 0.29) is 5.11 Å². The number of thiocarbonyl (C=S) groups is 1. The maximum atomic E-state index is 9.48. The fourth-order valence-corrected chi connectivity index (χ4v) is 1.48. The maximum absolute atomic E-state index is 9.48. The Kier molecular flexibility index (Phi) is 4.20. The lowest BCUT2D eigenvalue weighted by atomic mass is 9.98. The highest BCUT2D eigenvalue weighted by atomic mass is 32.1. The predicted octanol–water partition coefficient (Wildman–Crippen LogP) is -3.38. The first-order valence-corrected chi connectivity index (χ1v) is 4.74. The minimum absolute atomic E-state index is 0.112. The van der Waals surface area contributed by atoms with Crippen LogP contribution in [0.3, 0.4) is 0 Å². The Morgan fingerprint density at radius 3 is 2.33 bits per heavy atom. The number of aliphatic hydroxyl groups excluding tert-OH is 4. The molecule has 0 unspecified atom stereocenters. The molecule has 0 spiro atoms. The van der Waals surface area contributed by atoms with Gasteiger partial charge in [-0.05, 0) is 12.2 Å². The summed E-state index contributed by atoms with van der Waals surface area (Å²) in [5.41, 5.74) is 5.18. The van der Waals surface area contributed by atoms with E-state index in [9.17, 15) is 15.3 Å². The van der Waals surface area contributed by atoms with Gasteiger partial charge < -0.3 is 36.2 Å². The summed E-state index contributed by atoms with van der Waals surface area (Å²) in [5.74, 6) is 0. The molecule has 1 aliphatic rings. The van der Waals surface area contributed by atoms with Gasteiger partial charge in [-0.2, -0.15) is 0 Å². The van der Waals surface area contributed by atoms with Crippen LogP contribution in [0.15, 0.2) is 0 Å². The fraction of sp³-hybridized carbons (Fsp3) is 0.857. The van der Waals surface area contributed by atoms with Crippen molar-refractivity contribution in [1.82, 2.24) is 5.32 Å². The lowest BCUT2D eigenvalue weighted by molar-refractivity contribution is -0.232. The molecule has 1 fully saturated rings. The van der Waals surface area contributed by atoms with Crippen LogP contribution in [0.4, 0.5) is 0 Å². The topological polar surface area (TPSA) is 128 Å². The fourth-order valence-electron chi connectivity index (χ4n) is 1.36. The van der Waals surface area contributed by atoms with Crippen molar-refractivity contribution in [1.29, 1.82) is 0 Å². The third-order valence-electron chi connectivity index (χ3n) is 2.18. The molecule has 0 radical (unpaired) electrons. The summed E-state index contributed by atoms with van der Waals surface area (Å²) in [7, 11) is 0. The lowest BCUT2D eigenvalue weighted by Crippen LogP contribution is -2.63. The summed E-state index contributed by atoms with van der Waals surface area (Å²) >= 11 is 4.54. The molecule has 0 saturated carbocycles. The molecule has 0 aromatic rings. The summed E-state index contributed by atoms with van der Waals surface area (Å²) in [6.07, 6.45) is -6.19. The molecule has 7 nitrogen and oxygen atoms in total. The summed E-state index contributed by atoms with van der Waals surface area (Å²) in [6, 6.07) is 0. The molecule has 0 amide bonds. The van der Waals surface area contributed by atoms with E-state index in [1.807, 2.05) is 0 Å². The third-order valence-corrected chi connectivity index (χ3v) is 2.29. The van der Waals surface area contributed by atoms with Crippen LogP contribution >= 0.6 is 12.2 Å². The number of ether oxygens (including phenoxy) is 1. The number of rotatable bonds is 2. The SMILES string of the molecule is NC(=S)N[C@@H]1O[C@H](CO)[C@@H](O)[C@@H](O)[C@@H]1O. The standard InChI is InChI=1S/C7H14N2O5S/c8-7(15)9-6-5(13)4(12)3(11)2(1-10)14-6/h2-6,10-13H,1H2,(H3,8,9,15)/t2-,3-,4-,5+,6-/m1/s1. The van der Waals surface area contributed by atoms with Crippen molar-refractivity contribution < 1.29 is 25.2 Å². The Hall–Kier alpha value is -0.510. The van der Waals surface area contributed by atoms with Gasteiger partial charge in [-0.15, -0.1) is 0 Å². The number of aliphatic hydroxyl groups is 4. The maximum Gasteiger partial charge on any atom is 0.165 e. The third kappa shape index (κ3) is 2.74. The quantitative estimate of drug-likeness (QED) is 0.275. The second-order valence-corrected chi connectivity index (χ2v) is 3.70. The van der Waals surface area contributed by atoms with Crippen LogP contribution in [-0.4, -0.2) is 62.8 Å². The first kappa shape index (κ1) is 12.6. The molecule has 15 heavy (non-hydrogen) atoms. The van der Waals surface area contributed by atoms with Crippen molar-refractivity contribution in [2.24, 2.45) is 5.73 Å². The number of hydrogen-bond donors (Lipinski definition) is 6. The highest BCUT2D eigenvalue weighted by Crippen LogP contribution is 2.19. The highest BCUT2D eigenvalue weighted by molar-refractivity contribution is 7.80. The predicted molar refractivity (Wildman–Crippen MR) is 53.7 cm³/mol. The summed E-state index contributed by atoms with van der Waals surface area (Å²) in [6.45, 7) is -0.486. The van der Waals surface area contributed by atoms with Crippen LogP contribution in [-0.2, 0) is 4.74 Å². The molecule has 7 N–H and O–H groups in total. The minimum Gasteiger partial charge on any atom is -0.394 e. The van der Waals surface area contributed by atoms with Gasteiger partial charge in [-0.3, -0.25) is 0 Å². The molecule has 0 aliphatic carbocycles. The van der Waals surface area contributed by atoms with Crippen LogP contribution in [0.1, 0.15) is 0 Å². The van der Waals surface area contributed by atoms with Gasteiger partial charge in [0.2, 0.25) is 0 Å². The van der Waals surface area contributed by atoms with E-state index in [2.05, 4.69) is 17.5 Å². The van der Waals surface area contributed by atoms with Gasteiger partial charge in [-0.1, -0.05) is 0 Å². The van der Waals surface area contributed by atoms with E-state index < -0.39 is 37.3 Å². The molecular formula is C7H14N2O5S. The Labute approximate surface area is 91.5 Å². The van der Waals surface area contributed by atoms with E-state index in [1.165, 1.54) is 0 Å². The smallest absolute Gasteiger partial charge is 0.165 e. The first-order chi connectivity index (χ1) is 6.97. The van der Waals surface area contributed by atoms with Gasteiger partial charge in [0, 0.05) is 0 Å². The van der Waals surface area contributed by atoms with Crippen molar-refractivity contribution in [3.63, 3.8) is 0 Å². The Balaban J connectivity index is 2.69. The first-order valence-electron chi connectivity index (χ1n) is 4.34. The van der Waals surface area contributed by atoms with E-state index >= 15 is 0 Å². The number of nitrogens with one attached hydrogen (secondary N) is 1. The molecule has 1 aliphatic heterocycles. The molecule has 5 atom stereocenters. The van der Waals surface area contributed by atoms with Gasteiger partial charge >= 0.3 is 0 Å². The lowest BCUT2D eigenvalue weighted by Gasteiger charge is -2.40. The summed E-state index contributed by atoms with van der Waals surface area (Å²) < 4.78 is 5.05. The van der Waals surface area contributed by atoms with Crippen LogP contribution in [0.25, 0.3) is 0 Å². The van der Waals surface area contributed by atoms with Crippen molar-refractivity contribution in [3.05, 3.63) is 0 Å². The second-order valence-electron chi connectivity index (χ2n) is 3.26. The molecule has 0 bridgehead atoms. The molecule has 0 aromatic heterocycles. The van der Waals surface area contributed by atoms with Gasteiger partial charge in [0.25, 0.3) is 0 Å². The zero-order valence-electron chi connectivity index (χ0n) is 7.78. The molecule has 1 rings (SSSR count). The summed E-state index contributed by atoms with van der Waals surface area (Å²) in [5, 5.41) is 39.4. The van der Waals surface area contributed by atoms with Crippen molar-refractivity contribution in [3.8, 4) is 0 Å². The average molecular weight is 238 g/mol. The zero-order valence-corrected chi connectivity index (χ0v) is 8.59. The van der Waals surface area contributed by atoms with E-state index in [1.54, 1.807) is 0 Å². The summed E-state index contributed by atoms with van der Waals surface area (Å²) in [4.78, 5) is 0. The van der Waals surface area contributed by atoms with Crippen LogP contribution in [0, 0.1) is 0 Å². The molecule has 1 heterocycles. The highest BCUT2D eigenvalue weighted by Gasteiger charge is 2.43. The van der Waals surface area contributed by atoms with Crippen molar-refractivity contribution in [2.75, 3.05) is 6.61 Å². The molecule has 1 saturated heterocycles. The molecule has 88 valence electrons. The van der Waals surface area contributed by atoms with Gasteiger partial charge in [0.1, 0.15) is 24.4 Å². The molecule has 0 aromatic carbocycles. The van der Waals surface area contributed by atoms with E-state index in [0.717, 1.165) is 0 Å². The zero-order chi connectivity index (χ0) is 11.6. The Bertz CT molecular complexity index is 239. The van der Waals surface area contributed by atoms with Gasteiger partial charge in [0.05, 0.1) is 6.61 Å². The minimum atomic E-state index is -1.43. The largest absolute Gasteiger partial charge is 0.394 e. The van der Waals surface area contributed by atoms with E-state index in [0.29, 0.717) is 0 Å². The Morgan fingerprint density at radius 1 is 1.27 bits per heavy atom. The van der Waals surface area contributed by atoms with Crippen LogP contribution in [0.5, 0.6) is 0 Å². The van der Waals surface area contributed by atoms with Crippen LogP contribution in [0.2, 0.25) is 0 Å². The van der Waals surface area contributed by atoms with Crippen molar-refractivity contribution >= 4 is 17.3 Å². The monoisotopic (exact) mass is 238 g/mol. The van der Waals surface area contributed by atoms with Crippen molar-refractivity contribution in [2.45, 2.75) is 30.6 Å². The van der Waals surface area contributed by atoms with Crippen LogP contribution < -0.4 is 11.1 Å². The number of hydrogen-bond acceptors (Lipinski definition) is 6. The van der Waals surface area contributed by atoms with Gasteiger partial charge in [0.15, 0.2) is 11.3 Å². The molecule has 8 heteroatoms. The number of nitrogens with two attached hydrogens (primary N) is 1. The Morgan fingerprint density at radius 2 is 1.87 bits per heavy atom. The second kappa shape index (κ2) is 5.01. The molecular weight excluding hydrogens is 224 g/mol. The normalized spacial score (nSPS) is 41.2. The van der Waals surface area contributed by atoms with E-state index in [4.69, 9.17) is 15.6 Å². The van der Waals surface area contributed by atoms with Gasteiger partial charge in [-0.25, -0.2) is 0 Å².